The summed E-state index contributed by atoms with van der Waals surface area (Å²) in [5.74, 6) is 1.80. The molecule has 10 aromatic rings. The van der Waals surface area contributed by atoms with Crippen molar-refractivity contribution in [2.24, 2.45) is 0 Å². The first-order chi connectivity index (χ1) is 26.3. The van der Waals surface area contributed by atoms with Crippen LogP contribution in [0.5, 0.6) is 0 Å². The van der Waals surface area contributed by atoms with E-state index in [2.05, 4.69) is 164 Å². The standard InChI is InChI=1S/C49H31N3O/c1-4-15-32(16-5-1)35-21-12-23-37(29-35)47-50-48(38-24-13-22-36(30-38)33-17-6-2-7-18-33)52-49(51-47)41-27-14-28-44-45(41)43-31-42(34-19-8-3-9-20-34)39-25-10-11-26-40(39)46(43)53-44/h1-31H. The molecular weight excluding hydrogens is 647 g/mol. The number of fused-ring (bicyclic) bond motifs is 5. The van der Waals surface area contributed by atoms with E-state index >= 15 is 0 Å². The van der Waals surface area contributed by atoms with Gasteiger partial charge in [0.05, 0.1) is 0 Å². The Labute approximate surface area is 306 Å². The Morgan fingerprint density at radius 1 is 0.302 bits per heavy atom. The monoisotopic (exact) mass is 677 g/mol. The number of hydrogen-bond acceptors (Lipinski definition) is 4. The Balaban J connectivity index is 1.23. The summed E-state index contributed by atoms with van der Waals surface area (Å²) in [5, 5.41) is 4.21. The van der Waals surface area contributed by atoms with Crippen molar-refractivity contribution >= 4 is 32.7 Å². The summed E-state index contributed by atoms with van der Waals surface area (Å²) in [5.41, 5.74) is 11.1. The van der Waals surface area contributed by atoms with Crippen molar-refractivity contribution in [3.8, 4) is 67.5 Å². The van der Waals surface area contributed by atoms with Gasteiger partial charge in [-0.1, -0.05) is 164 Å². The van der Waals surface area contributed by atoms with E-state index in [1.807, 2.05) is 24.3 Å². The van der Waals surface area contributed by atoms with Crippen LogP contribution in [0.3, 0.4) is 0 Å². The molecule has 0 fully saturated rings. The van der Waals surface area contributed by atoms with Gasteiger partial charge >= 0.3 is 0 Å². The molecule has 53 heavy (non-hydrogen) atoms. The third-order valence-corrected chi connectivity index (χ3v) is 9.92. The Bertz CT molecular complexity index is 2830. The maximum Gasteiger partial charge on any atom is 0.164 e. The molecule has 2 heterocycles. The zero-order valence-corrected chi connectivity index (χ0v) is 28.6. The second-order valence-electron chi connectivity index (χ2n) is 13.2. The minimum Gasteiger partial charge on any atom is -0.455 e. The highest BCUT2D eigenvalue weighted by molar-refractivity contribution is 6.21. The molecule has 10 rings (SSSR count). The smallest absolute Gasteiger partial charge is 0.164 e. The van der Waals surface area contributed by atoms with Crippen LogP contribution in [-0.2, 0) is 0 Å². The normalized spacial score (nSPS) is 11.4. The molecule has 0 saturated heterocycles. The summed E-state index contributed by atoms with van der Waals surface area (Å²) in [6.07, 6.45) is 0. The van der Waals surface area contributed by atoms with E-state index in [-0.39, 0.29) is 0 Å². The van der Waals surface area contributed by atoms with E-state index in [4.69, 9.17) is 19.4 Å². The summed E-state index contributed by atoms with van der Waals surface area (Å²) in [4.78, 5) is 15.6. The first-order valence-electron chi connectivity index (χ1n) is 17.8. The van der Waals surface area contributed by atoms with Crippen LogP contribution >= 0.6 is 0 Å². The van der Waals surface area contributed by atoms with Gasteiger partial charge in [0.25, 0.3) is 0 Å². The number of hydrogen-bond donors (Lipinski definition) is 0. The lowest BCUT2D eigenvalue weighted by Gasteiger charge is -2.11. The largest absolute Gasteiger partial charge is 0.455 e. The van der Waals surface area contributed by atoms with Crippen LogP contribution in [0.15, 0.2) is 192 Å². The predicted molar refractivity (Wildman–Crippen MR) is 217 cm³/mol. The fraction of sp³-hybridized carbons (Fsp3) is 0. The van der Waals surface area contributed by atoms with Gasteiger partial charge in [0.15, 0.2) is 17.5 Å². The van der Waals surface area contributed by atoms with Gasteiger partial charge in [0.1, 0.15) is 11.2 Å². The van der Waals surface area contributed by atoms with Crippen LogP contribution in [0.2, 0.25) is 0 Å². The van der Waals surface area contributed by atoms with E-state index in [9.17, 15) is 0 Å². The van der Waals surface area contributed by atoms with Gasteiger partial charge in [-0.15, -0.1) is 0 Å². The van der Waals surface area contributed by atoms with Crippen LogP contribution in [0.1, 0.15) is 0 Å². The lowest BCUT2D eigenvalue weighted by atomic mass is 9.94. The number of aromatic nitrogens is 3. The topological polar surface area (TPSA) is 51.8 Å². The quantitative estimate of drug-likeness (QED) is 0.176. The number of benzene rings is 8. The Morgan fingerprint density at radius 2 is 0.774 bits per heavy atom. The van der Waals surface area contributed by atoms with Crippen molar-refractivity contribution in [2.45, 2.75) is 0 Å². The molecule has 2 aromatic heterocycles. The number of nitrogens with zero attached hydrogens (tertiary/aromatic N) is 3. The van der Waals surface area contributed by atoms with Crippen molar-refractivity contribution in [2.75, 3.05) is 0 Å². The van der Waals surface area contributed by atoms with E-state index in [0.717, 1.165) is 82.8 Å². The predicted octanol–water partition coefficient (Wildman–Crippen LogP) is 12.9. The Kier molecular flexibility index (Phi) is 7.43. The molecule has 0 bridgehead atoms. The SMILES string of the molecule is c1ccc(-c2cccc(-c3nc(-c4cccc(-c5ccccc5)c4)nc(-c4cccc5oc6c7ccccc7c(-c7ccccc7)cc6c45)n3)c2)cc1. The average molecular weight is 678 g/mol. The molecule has 0 radical (unpaired) electrons. The minimum atomic E-state index is 0.586. The summed E-state index contributed by atoms with van der Waals surface area (Å²) >= 11 is 0. The number of furan rings is 1. The van der Waals surface area contributed by atoms with Gasteiger partial charge in [0, 0.05) is 32.8 Å². The fourth-order valence-corrected chi connectivity index (χ4v) is 7.38. The van der Waals surface area contributed by atoms with Crippen LogP contribution in [0, 0.1) is 0 Å². The third kappa shape index (κ3) is 5.54. The highest BCUT2D eigenvalue weighted by Gasteiger charge is 2.21. The Hall–Kier alpha value is -7.17. The summed E-state index contributed by atoms with van der Waals surface area (Å²) in [6, 6.07) is 65.1. The third-order valence-electron chi connectivity index (χ3n) is 9.92. The molecule has 0 amide bonds. The summed E-state index contributed by atoms with van der Waals surface area (Å²) in [7, 11) is 0. The Morgan fingerprint density at radius 3 is 1.38 bits per heavy atom. The molecule has 0 atom stereocenters. The van der Waals surface area contributed by atoms with Gasteiger partial charge < -0.3 is 4.42 Å². The first-order valence-corrected chi connectivity index (χ1v) is 17.8. The number of rotatable bonds is 6. The van der Waals surface area contributed by atoms with E-state index in [1.165, 1.54) is 0 Å². The molecule has 0 N–H and O–H groups in total. The maximum atomic E-state index is 6.71. The van der Waals surface area contributed by atoms with Crippen molar-refractivity contribution in [3.05, 3.63) is 188 Å². The fourth-order valence-electron chi connectivity index (χ4n) is 7.38. The van der Waals surface area contributed by atoms with Gasteiger partial charge in [-0.3, -0.25) is 0 Å². The van der Waals surface area contributed by atoms with Gasteiger partial charge in [-0.05, 0) is 63.0 Å². The molecular formula is C49H31N3O. The molecule has 0 saturated carbocycles. The maximum absolute atomic E-state index is 6.71. The van der Waals surface area contributed by atoms with E-state index < -0.39 is 0 Å². The molecule has 0 spiro atoms. The zero-order chi connectivity index (χ0) is 35.1. The molecule has 4 heteroatoms. The zero-order valence-electron chi connectivity index (χ0n) is 28.6. The van der Waals surface area contributed by atoms with Crippen LogP contribution in [0.4, 0.5) is 0 Å². The molecule has 0 aliphatic heterocycles. The summed E-state index contributed by atoms with van der Waals surface area (Å²) < 4.78 is 6.71. The van der Waals surface area contributed by atoms with E-state index in [1.54, 1.807) is 0 Å². The second-order valence-corrected chi connectivity index (χ2v) is 13.2. The van der Waals surface area contributed by atoms with Crippen molar-refractivity contribution in [3.63, 3.8) is 0 Å². The first kappa shape index (κ1) is 30.6. The average Bonchev–Trinajstić information content (AvgIpc) is 3.63. The van der Waals surface area contributed by atoms with Gasteiger partial charge in [-0.2, -0.15) is 0 Å². The molecule has 248 valence electrons. The summed E-state index contributed by atoms with van der Waals surface area (Å²) in [6.45, 7) is 0. The second kappa shape index (κ2) is 12.9. The van der Waals surface area contributed by atoms with Crippen molar-refractivity contribution in [1.82, 2.24) is 15.0 Å². The van der Waals surface area contributed by atoms with Crippen molar-refractivity contribution in [1.29, 1.82) is 0 Å². The van der Waals surface area contributed by atoms with Gasteiger partial charge in [0.2, 0.25) is 0 Å². The van der Waals surface area contributed by atoms with Crippen LogP contribution < -0.4 is 0 Å². The minimum absolute atomic E-state index is 0.586. The van der Waals surface area contributed by atoms with Crippen molar-refractivity contribution < 1.29 is 4.42 Å². The molecule has 4 nitrogen and oxygen atoms in total. The highest BCUT2D eigenvalue weighted by atomic mass is 16.3. The van der Waals surface area contributed by atoms with Crippen LogP contribution in [-0.4, -0.2) is 15.0 Å². The molecule has 0 aliphatic rings. The molecule has 0 aliphatic carbocycles. The lowest BCUT2D eigenvalue weighted by molar-refractivity contribution is 0.673. The molecule has 8 aromatic carbocycles. The molecule has 0 unspecified atom stereocenters. The van der Waals surface area contributed by atoms with Gasteiger partial charge in [-0.25, -0.2) is 15.0 Å². The lowest BCUT2D eigenvalue weighted by Crippen LogP contribution is -2.00. The van der Waals surface area contributed by atoms with E-state index in [0.29, 0.717) is 17.5 Å². The van der Waals surface area contributed by atoms with Crippen LogP contribution in [0.25, 0.3) is 100 Å². The highest BCUT2D eigenvalue weighted by Crippen LogP contribution is 2.43.